The van der Waals surface area contributed by atoms with E-state index >= 15 is 0 Å². The van der Waals surface area contributed by atoms with Gasteiger partial charge in [-0.05, 0) is 34.5 Å². The molecular formula is C16H24BrNO4. The normalized spacial score (nSPS) is 12.0. The van der Waals surface area contributed by atoms with Crippen molar-refractivity contribution in [2.45, 2.75) is 45.1 Å². The zero-order valence-corrected chi connectivity index (χ0v) is 14.8. The zero-order chi connectivity index (χ0) is 16.5. The minimum absolute atomic E-state index is 0.132. The summed E-state index contributed by atoms with van der Waals surface area (Å²) in [5, 5.41) is 10.7. The molecule has 5 nitrogen and oxygen atoms in total. The van der Waals surface area contributed by atoms with Crippen LogP contribution >= 0.6 is 15.9 Å². The van der Waals surface area contributed by atoms with Crippen molar-refractivity contribution in [3.05, 3.63) is 22.2 Å². The van der Waals surface area contributed by atoms with Crippen molar-refractivity contribution in [2.24, 2.45) is 0 Å². The van der Waals surface area contributed by atoms with Crippen molar-refractivity contribution in [2.75, 3.05) is 13.7 Å². The van der Waals surface area contributed by atoms with Gasteiger partial charge in [0, 0.05) is 18.0 Å². The molecule has 0 saturated carbocycles. The smallest absolute Gasteiger partial charge is 0.175 e. The number of methoxy groups -OCH3 is 1. The minimum atomic E-state index is -1.12. The number of carbonyl (C=O) groups excluding carboxylic acids is 1. The summed E-state index contributed by atoms with van der Waals surface area (Å²) >= 11 is 3.46. The first-order chi connectivity index (χ1) is 10.5. The highest BCUT2D eigenvalue weighted by Crippen LogP contribution is 2.38. The first-order valence-electron chi connectivity index (χ1n) is 7.52. The maximum atomic E-state index is 10.7. The molecule has 6 heteroatoms. The number of hydrogen-bond donors (Lipinski definition) is 1. The van der Waals surface area contributed by atoms with Gasteiger partial charge in [-0.25, -0.2) is 0 Å². The van der Waals surface area contributed by atoms with Gasteiger partial charge in [-0.3, -0.25) is 0 Å². The van der Waals surface area contributed by atoms with Crippen LogP contribution in [0.1, 0.15) is 50.6 Å². The Morgan fingerprint density at radius 2 is 2.09 bits per heavy atom. The molecule has 0 aliphatic carbocycles. The molecule has 0 aliphatic heterocycles. The van der Waals surface area contributed by atoms with Crippen molar-refractivity contribution in [1.82, 2.24) is 0 Å². The van der Waals surface area contributed by atoms with Gasteiger partial charge in [-0.1, -0.05) is 26.2 Å². The van der Waals surface area contributed by atoms with Crippen LogP contribution in [-0.4, -0.2) is 19.7 Å². The van der Waals surface area contributed by atoms with Crippen molar-refractivity contribution in [1.29, 1.82) is 0 Å². The van der Waals surface area contributed by atoms with Gasteiger partial charge in [0.1, 0.15) is 6.04 Å². The average Bonchev–Trinajstić information content (AvgIpc) is 2.47. The second-order valence-electron chi connectivity index (χ2n) is 5.22. The number of rotatable bonds is 10. The lowest BCUT2D eigenvalue weighted by Crippen LogP contribution is -2.55. The van der Waals surface area contributed by atoms with Crippen LogP contribution in [0.4, 0.5) is 0 Å². The summed E-state index contributed by atoms with van der Waals surface area (Å²) in [4.78, 5) is 10.7. The number of ether oxygens (including phenoxy) is 2. The molecule has 1 rings (SSSR count). The van der Waals surface area contributed by atoms with E-state index in [4.69, 9.17) is 9.47 Å². The monoisotopic (exact) mass is 373 g/mol. The predicted octanol–water partition coefficient (Wildman–Crippen LogP) is 1.84. The number of quaternary nitrogens is 1. The molecule has 0 unspecified atom stereocenters. The van der Waals surface area contributed by atoms with Gasteiger partial charge < -0.3 is 25.1 Å². The lowest BCUT2D eigenvalue weighted by molar-refractivity contribution is -0.430. The fourth-order valence-electron chi connectivity index (χ4n) is 2.14. The Bertz CT molecular complexity index is 493. The summed E-state index contributed by atoms with van der Waals surface area (Å²) in [6.07, 6.45) is 4.39. The third-order valence-electron chi connectivity index (χ3n) is 3.38. The maximum absolute atomic E-state index is 10.7. The summed E-state index contributed by atoms with van der Waals surface area (Å²) in [6.45, 7) is 2.79. The van der Waals surface area contributed by atoms with E-state index in [2.05, 4.69) is 28.6 Å². The summed E-state index contributed by atoms with van der Waals surface area (Å²) in [5.41, 5.74) is 4.62. The minimum Gasteiger partial charge on any atom is -0.550 e. The quantitative estimate of drug-likeness (QED) is 0.633. The van der Waals surface area contributed by atoms with E-state index in [1.165, 1.54) is 12.8 Å². The van der Waals surface area contributed by atoms with E-state index in [1.54, 1.807) is 13.2 Å². The van der Waals surface area contributed by atoms with Crippen LogP contribution in [0.5, 0.6) is 11.5 Å². The van der Waals surface area contributed by atoms with Crippen LogP contribution in [0.2, 0.25) is 0 Å². The first kappa shape index (κ1) is 18.8. The highest BCUT2D eigenvalue weighted by molar-refractivity contribution is 9.10. The van der Waals surface area contributed by atoms with Gasteiger partial charge in [0.15, 0.2) is 11.5 Å². The zero-order valence-electron chi connectivity index (χ0n) is 13.2. The van der Waals surface area contributed by atoms with Crippen LogP contribution in [-0.2, 0) is 4.79 Å². The van der Waals surface area contributed by atoms with E-state index in [0.29, 0.717) is 18.1 Å². The van der Waals surface area contributed by atoms with Crippen LogP contribution in [0.25, 0.3) is 0 Å². The Balaban J connectivity index is 2.79. The molecule has 0 radical (unpaired) electrons. The van der Waals surface area contributed by atoms with Gasteiger partial charge in [0.25, 0.3) is 0 Å². The molecule has 0 heterocycles. The average molecular weight is 374 g/mol. The van der Waals surface area contributed by atoms with Gasteiger partial charge in [0.05, 0.1) is 18.2 Å². The number of carboxylic acids is 1. The molecule has 1 atom stereocenters. The maximum Gasteiger partial charge on any atom is 0.175 e. The predicted molar refractivity (Wildman–Crippen MR) is 85.6 cm³/mol. The first-order valence-corrected chi connectivity index (χ1v) is 8.32. The number of carboxylic acid groups (broad SMARTS) is 1. The molecule has 1 aromatic rings. The fraction of sp³-hybridized carbons (Fsp3) is 0.562. The summed E-state index contributed by atoms with van der Waals surface area (Å²) in [7, 11) is 1.56. The summed E-state index contributed by atoms with van der Waals surface area (Å²) < 4.78 is 11.9. The van der Waals surface area contributed by atoms with Crippen LogP contribution in [0.3, 0.4) is 0 Å². The van der Waals surface area contributed by atoms with E-state index in [9.17, 15) is 9.90 Å². The van der Waals surface area contributed by atoms with Crippen molar-refractivity contribution in [3.8, 4) is 11.5 Å². The molecule has 3 N–H and O–H groups in total. The van der Waals surface area contributed by atoms with E-state index in [-0.39, 0.29) is 6.42 Å². The van der Waals surface area contributed by atoms with Crippen LogP contribution in [0.15, 0.2) is 16.6 Å². The number of aliphatic carboxylic acids is 1. The number of unbranched alkanes of at least 4 members (excludes halogenated alkanes) is 3. The van der Waals surface area contributed by atoms with Gasteiger partial charge in [-0.15, -0.1) is 0 Å². The Labute approximate surface area is 139 Å². The molecule has 0 amide bonds. The molecule has 0 aliphatic rings. The molecule has 0 spiro atoms. The molecule has 1 aromatic carbocycles. The number of hydrogen-bond acceptors (Lipinski definition) is 4. The van der Waals surface area contributed by atoms with Crippen LogP contribution < -0.4 is 20.3 Å². The van der Waals surface area contributed by atoms with Crippen molar-refractivity contribution >= 4 is 21.9 Å². The number of benzene rings is 1. The third kappa shape index (κ3) is 5.85. The molecule has 22 heavy (non-hydrogen) atoms. The van der Waals surface area contributed by atoms with Crippen molar-refractivity contribution < 1.29 is 25.1 Å². The second-order valence-corrected chi connectivity index (χ2v) is 6.07. The van der Waals surface area contributed by atoms with Gasteiger partial charge in [0.2, 0.25) is 0 Å². The second kappa shape index (κ2) is 9.69. The lowest BCUT2D eigenvalue weighted by atomic mass is 10.0. The molecular weight excluding hydrogens is 350 g/mol. The summed E-state index contributed by atoms with van der Waals surface area (Å²) in [6, 6.07) is 3.20. The molecule has 0 aromatic heterocycles. The number of carbonyl (C=O) groups is 1. The standard InChI is InChI=1S/C16H24BrNO4/c1-3-4-5-6-7-22-16-12(17)8-11(9-14(16)21-2)13(18)10-15(19)20/h8-9,13H,3-7,10,18H2,1-2H3,(H,19,20)/t13-/m1/s1. The highest BCUT2D eigenvalue weighted by atomic mass is 79.9. The van der Waals surface area contributed by atoms with Gasteiger partial charge in [-0.2, -0.15) is 0 Å². The van der Waals surface area contributed by atoms with Crippen LogP contribution in [0, 0.1) is 0 Å². The van der Waals surface area contributed by atoms with E-state index in [1.807, 2.05) is 6.07 Å². The number of halogens is 1. The van der Waals surface area contributed by atoms with Gasteiger partial charge >= 0.3 is 0 Å². The third-order valence-corrected chi connectivity index (χ3v) is 3.97. The Hall–Kier alpha value is -1.27. The fourth-order valence-corrected chi connectivity index (χ4v) is 2.71. The highest BCUT2D eigenvalue weighted by Gasteiger charge is 2.17. The SMILES string of the molecule is CCCCCCOc1c(Br)cc([C@H]([NH3+])CC(=O)[O-])cc1OC. The summed E-state index contributed by atoms with van der Waals surface area (Å²) in [5.74, 6) is 0.0987. The Kier molecular flexibility index (Phi) is 8.27. The van der Waals surface area contributed by atoms with Crippen molar-refractivity contribution in [3.63, 3.8) is 0 Å². The lowest BCUT2D eigenvalue weighted by Gasteiger charge is -2.16. The Morgan fingerprint density at radius 1 is 1.36 bits per heavy atom. The van der Waals surface area contributed by atoms with E-state index in [0.717, 1.165) is 22.9 Å². The molecule has 0 bridgehead atoms. The molecule has 124 valence electrons. The molecule has 0 fully saturated rings. The van der Waals surface area contributed by atoms with E-state index < -0.39 is 12.0 Å². The topological polar surface area (TPSA) is 86.2 Å². The molecule has 0 saturated heterocycles. The Morgan fingerprint density at radius 3 is 2.68 bits per heavy atom. The largest absolute Gasteiger partial charge is 0.550 e.